The van der Waals surface area contributed by atoms with Gasteiger partial charge in [0.05, 0.1) is 6.54 Å². The second-order valence-electron chi connectivity index (χ2n) is 4.69. The van der Waals surface area contributed by atoms with Crippen molar-refractivity contribution in [2.75, 3.05) is 13.1 Å². The molecule has 1 aliphatic heterocycles. The molecule has 0 aromatic rings. The molecule has 98 valence electrons. The lowest BCUT2D eigenvalue weighted by Crippen LogP contribution is -2.53. The zero-order chi connectivity index (χ0) is 12.8. The smallest absolute Gasteiger partial charge is 0.240 e. The molecule has 1 heterocycles. The first-order valence-corrected chi connectivity index (χ1v) is 6.38. The number of carbonyl (C=O) groups is 2. The molecule has 1 rings (SSSR count). The zero-order valence-electron chi connectivity index (χ0n) is 10.7. The molecule has 2 atom stereocenters. The molecule has 2 unspecified atom stereocenters. The van der Waals surface area contributed by atoms with Crippen molar-refractivity contribution in [1.29, 1.82) is 0 Å². The molecule has 0 spiro atoms. The van der Waals surface area contributed by atoms with Gasteiger partial charge in [-0.15, -0.1) is 0 Å². The van der Waals surface area contributed by atoms with Crippen molar-refractivity contribution in [2.24, 2.45) is 5.73 Å². The predicted molar refractivity (Wildman–Crippen MR) is 66.3 cm³/mol. The molecule has 0 bridgehead atoms. The first-order valence-electron chi connectivity index (χ1n) is 6.38. The molecular weight excluding hydrogens is 218 g/mol. The van der Waals surface area contributed by atoms with Crippen molar-refractivity contribution in [2.45, 2.75) is 51.6 Å². The van der Waals surface area contributed by atoms with Gasteiger partial charge in [0.25, 0.3) is 0 Å². The Balaban J connectivity index is 2.50. The summed E-state index contributed by atoms with van der Waals surface area (Å²) in [5.74, 6) is -0.407. The standard InChI is InChI=1S/C12H23N3O2/c1-3-9(2)14-8-11(16)15-7-5-4-6-10(15)12(13)17/h9-10,14H,3-8H2,1-2H3,(H2,13,17). The number of likely N-dealkylation sites (tertiary alicyclic amines) is 1. The number of nitrogens with one attached hydrogen (secondary N) is 1. The largest absolute Gasteiger partial charge is 0.368 e. The molecule has 0 radical (unpaired) electrons. The minimum atomic E-state index is -0.407. The number of carbonyl (C=O) groups excluding carboxylic acids is 2. The van der Waals surface area contributed by atoms with Crippen molar-refractivity contribution in [3.05, 3.63) is 0 Å². The summed E-state index contributed by atoms with van der Waals surface area (Å²) in [5.41, 5.74) is 5.32. The maximum atomic E-state index is 12.0. The Labute approximate surface area is 103 Å². The molecule has 5 nitrogen and oxygen atoms in total. The van der Waals surface area contributed by atoms with E-state index in [2.05, 4.69) is 12.2 Å². The van der Waals surface area contributed by atoms with Crippen LogP contribution in [0.5, 0.6) is 0 Å². The fraction of sp³-hybridized carbons (Fsp3) is 0.833. The van der Waals surface area contributed by atoms with Crippen molar-refractivity contribution < 1.29 is 9.59 Å². The van der Waals surface area contributed by atoms with E-state index in [1.165, 1.54) is 0 Å². The van der Waals surface area contributed by atoms with Gasteiger partial charge in [0.1, 0.15) is 6.04 Å². The summed E-state index contributed by atoms with van der Waals surface area (Å²) in [4.78, 5) is 24.9. The predicted octanol–water partition coefficient (Wildman–Crippen LogP) is 0.241. The average Bonchev–Trinajstić information content (AvgIpc) is 2.35. The van der Waals surface area contributed by atoms with E-state index >= 15 is 0 Å². The number of primary amides is 1. The van der Waals surface area contributed by atoms with Gasteiger partial charge >= 0.3 is 0 Å². The quantitative estimate of drug-likeness (QED) is 0.724. The summed E-state index contributed by atoms with van der Waals surface area (Å²) in [5, 5.41) is 3.15. The van der Waals surface area contributed by atoms with Crippen molar-refractivity contribution in [3.63, 3.8) is 0 Å². The first kappa shape index (κ1) is 14.0. The van der Waals surface area contributed by atoms with Crippen LogP contribution in [0, 0.1) is 0 Å². The molecule has 0 aromatic heterocycles. The van der Waals surface area contributed by atoms with Gasteiger partial charge in [0.15, 0.2) is 0 Å². The van der Waals surface area contributed by atoms with Crippen LogP contribution >= 0.6 is 0 Å². The summed E-state index contributed by atoms with van der Waals surface area (Å²) in [6, 6.07) is -0.0919. The van der Waals surface area contributed by atoms with Crippen molar-refractivity contribution in [3.8, 4) is 0 Å². The van der Waals surface area contributed by atoms with E-state index in [0.717, 1.165) is 19.3 Å². The molecule has 3 N–H and O–H groups in total. The summed E-state index contributed by atoms with van der Waals surface area (Å²) in [7, 11) is 0. The number of piperidine rings is 1. The molecule has 0 aromatic carbocycles. The molecule has 1 saturated heterocycles. The Morgan fingerprint density at radius 1 is 1.47 bits per heavy atom. The molecule has 0 aliphatic carbocycles. The third kappa shape index (κ3) is 4.00. The van der Waals surface area contributed by atoms with E-state index in [0.29, 0.717) is 25.6 Å². The second kappa shape index (κ2) is 6.59. The summed E-state index contributed by atoms with van der Waals surface area (Å²) in [6.07, 6.45) is 3.60. The van der Waals surface area contributed by atoms with Gasteiger partial charge < -0.3 is 16.0 Å². The lowest BCUT2D eigenvalue weighted by molar-refractivity contribution is -0.140. The SMILES string of the molecule is CCC(C)NCC(=O)N1CCCCC1C(N)=O. The van der Waals surface area contributed by atoms with Crippen LogP contribution < -0.4 is 11.1 Å². The van der Waals surface area contributed by atoms with Gasteiger partial charge in [-0.25, -0.2) is 0 Å². The topological polar surface area (TPSA) is 75.4 Å². The minimum absolute atomic E-state index is 0.0196. The molecule has 1 aliphatic rings. The highest BCUT2D eigenvalue weighted by Gasteiger charge is 2.30. The Bertz CT molecular complexity index is 281. The monoisotopic (exact) mass is 241 g/mol. The maximum absolute atomic E-state index is 12.0. The van der Waals surface area contributed by atoms with Gasteiger partial charge in [-0.05, 0) is 32.6 Å². The van der Waals surface area contributed by atoms with Crippen LogP contribution in [-0.2, 0) is 9.59 Å². The Hall–Kier alpha value is -1.10. The lowest BCUT2D eigenvalue weighted by Gasteiger charge is -2.34. The average molecular weight is 241 g/mol. The van der Waals surface area contributed by atoms with Crippen LogP contribution in [0.25, 0.3) is 0 Å². The van der Waals surface area contributed by atoms with Gasteiger partial charge in [-0.2, -0.15) is 0 Å². The third-order valence-electron chi connectivity index (χ3n) is 3.37. The van der Waals surface area contributed by atoms with E-state index < -0.39 is 6.04 Å². The third-order valence-corrected chi connectivity index (χ3v) is 3.37. The van der Waals surface area contributed by atoms with Crippen LogP contribution in [0.4, 0.5) is 0 Å². The minimum Gasteiger partial charge on any atom is -0.368 e. The Morgan fingerprint density at radius 2 is 2.18 bits per heavy atom. The van der Waals surface area contributed by atoms with Crippen LogP contribution in [0.1, 0.15) is 39.5 Å². The van der Waals surface area contributed by atoms with Gasteiger partial charge in [0, 0.05) is 12.6 Å². The fourth-order valence-electron chi connectivity index (χ4n) is 2.03. The van der Waals surface area contributed by atoms with E-state index in [4.69, 9.17) is 5.73 Å². The molecular formula is C12H23N3O2. The second-order valence-corrected chi connectivity index (χ2v) is 4.69. The van der Waals surface area contributed by atoms with E-state index in [-0.39, 0.29) is 11.8 Å². The number of hydrogen-bond donors (Lipinski definition) is 2. The molecule has 17 heavy (non-hydrogen) atoms. The maximum Gasteiger partial charge on any atom is 0.240 e. The number of rotatable bonds is 5. The highest BCUT2D eigenvalue weighted by Crippen LogP contribution is 2.16. The van der Waals surface area contributed by atoms with Gasteiger partial charge in [-0.3, -0.25) is 9.59 Å². The van der Waals surface area contributed by atoms with Gasteiger partial charge in [0.2, 0.25) is 11.8 Å². The van der Waals surface area contributed by atoms with Crippen molar-refractivity contribution in [1.82, 2.24) is 10.2 Å². The van der Waals surface area contributed by atoms with Crippen LogP contribution in [0.3, 0.4) is 0 Å². The van der Waals surface area contributed by atoms with Crippen LogP contribution in [0.15, 0.2) is 0 Å². The summed E-state index contributed by atoms with van der Waals surface area (Å²) in [6.45, 7) is 5.04. The highest BCUT2D eigenvalue weighted by molar-refractivity contribution is 5.87. The van der Waals surface area contributed by atoms with E-state index in [1.807, 2.05) is 6.92 Å². The summed E-state index contributed by atoms with van der Waals surface area (Å²) < 4.78 is 0. The molecule has 1 fully saturated rings. The molecule has 5 heteroatoms. The van der Waals surface area contributed by atoms with E-state index in [1.54, 1.807) is 4.90 Å². The van der Waals surface area contributed by atoms with Crippen LogP contribution in [-0.4, -0.2) is 41.9 Å². The number of amides is 2. The van der Waals surface area contributed by atoms with Crippen molar-refractivity contribution >= 4 is 11.8 Å². The lowest BCUT2D eigenvalue weighted by atomic mass is 10.0. The fourth-order valence-corrected chi connectivity index (χ4v) is 2.03. The van der Waals surface area contributed by atoms with Gasteiger partial charge in [-0.1, -0.05) is 6.92 Å². The Kier molecular flexibility index (Phi) is 5.41. The first-order chi connectivity index (χ1) is 8.06. The number of hydrogen-bond acceptors (Lipinski definition) is 3. The van der Waals surface area contributed by atoms with Crippen LogP contribution in [0.2, 0.25) is 0 Å². The highest BCUT2D eigenvalue weighted by atomic mass is 16.2. The molecule has 0 saturated carbocycles. The molecule has 2 amide bonds. The van der Waals surface area contributed by atoms with E-state index in [9.17, 15) is 9.59 Å². The number of nitrogens with zero attached hydrogens (tertiary/aromatic N) is 1. The summed E-state index contributed by atoms with van der Waals surface area (Å²) >= 11 is 0. The Morgan fingerprint density at radius 3 is 2.76 bits per heavy atom. The number of nitrogens with two attached hydrogens (primary N) is 1. The normalized spacial score (nSPS) is 22.2. The zero-order valence-corrected chi connectivity index (χ0v) is 10.7.